The van der Waals surface area contributed by atoms with Gasteiger partial charge in [0.1, 0.15) is 5.76 Å². The third-order valence-electron chi connectivity index (χ3n) is 2.42. The van der Waals surface area contributed by atoms with Crippen molar-refractivity contribution in [1.82, 2.24) is 0 Å². The molecule has 14 heavy (non-hydrogen) atoms. The van der Waals surface area contributed by atoms with Gasteiger partial charge in [0.05, 0.1) is 5.02 Å². The first kappa shape index (κ1) is 10.3. The van der Waals surface area contributed by atoms with E-state index in [-0.39, 0.29) is 0 Å². The summed E-state index contributed by atoms with van der Waals surface area (Å²) < 4.78 is 0.984. The van der Waals surface area contributed by atoms with Crippen LogP contribution >= 0.6 is 34.2 Å². The topological polar surface area (TPSA) is 20.2 Å². The van der Waals surface area contributed by atoms with Crippen molar-refractivity contribution in [2.24, 2.45) is 5.92 Å². The Bertz CT molecular complexity index is 412. The Morgan fingerprint density at radius 1 is 1.50 bits per heavy atom. The minimum atomic E-state index is 0.322. The fraction of sp³-hybridized carbons (Fsp3) is 0.273. The van der Waals surface area contributed by atoms with Crippen LogP contribution in [-0.4, -0.2) is 5.11 Å². The van der Waals surface area contributed by atoms with Crippen molar-refractivity contribution >= 4 is 40.0 Å². The molecule has 1 aliphatic carbocycles. The van der Waals surface area contributed by atoms with Crippen molar-refractivity contribution in [1.29, 1.82) is 0 Å². The molecule has 74 valence electrons. The maximum absolute atomic E-state index is 9.81. The fourth-order valence-electron chi connectivity index (χ4n) is 1.80. The van der Waals surface area contributed by atoms with Gasteiger partial charge in [0.15, 0.2) is 0 Å². The van der Waals surface area contributed by atoms with E-state index in [9.17, 15) is 5.11 Å². The third-order valence-corrected chi connectivity index (χ3v) is 4.03. The van der Waals surface area contributed by atoms with E-state index < -0.39 is 0 Å². The second-order valence-corrected chi connectivity index (χ2v) is 5.17. The molecule has 1 aromatic rings. The maximum Gasteiger partial charge on any atom is 0.120 e. The molecule has 0 saturated heterocycles. The van der Waals surface area contributed by atoms with Crippen molar-refractivity contribution in [2.75, 3.05) is 0 Å². The van der Waals surface area contributed by atoms with E-state index in [2.05, 4.69) is 29.5 Å². The first-order valence-electron chi connectivity index (χ1n) is 4.47. The van der Waals surface area contributed by atoms with Crippen molar-refractivity contribution in [3.63, 3.8) is 0 Å². The lowest BCUT2D eigenvalue weighted by Crippen LogP contribution is -2.08. The zero-order valence-electron chi connectivity index (χ0n) is 7.72. The summed E-state index contributed by atoms with van der Waals surface area (Å²) in [5.74, 6) is 0.709. The number of aliphatic hydroxyl groups is 1. The highest BCUT2D eigenvalue weighted by Gasteiger charge is 2.20. The van der Waals surface area contributed by atoms with Gasteiger partial charge in [0.2, 0.25) is 0 Å². The Labute approximate surface area is 102 Å². The van der Waals surface area contributed by atoms with E-state index in [0.29, 0.717) is 16.7 Å². The predicted molar refractivity (Wildman–Crippen MR) is 67.6 cm³/mol. The van der Waals surface area contributed by atoms with Gasteiger partial charge in [0, 0.05) is 9.13 Å². The van der Waals surface area contributed by atoms with Crippen molar-refractivity contribution < 1.29 is 5.11 Å². The lowest BCUT2D eigenvalue weighted by Gasteiger charge is -2.20. The van der Waals surface area contributed by atoms with Crippen LogP contribution in [0, 0.1) is 9.49 Å². The molecule has 1 nitrogen and oxygen atoms in total. The van der Waals surface area contributed by atoms with Crippen LogP contribution in [0.4, 0.5) is 0 Å². The zero-order valence-corrected chi connectivity index (χ0v) is 10.6. The lowest BCUT2D eigenvalue weighted by atomic mass is 9.89. The molecule has 0 saturated carbocycles. The van der Waals surface area contributed by atoms with Gasteiger partial charge in [-0.05, 0) is 52.6 Å². The van der Waals surface area contributed by atoms with Gasteiger partial charge in [-0.2, -0.15) is 0 Å². The summed E-state index contributed by atoms with van der Waals surface area (Å²) in [6.07, 6.45) is 2.82. The van der Waals surface area contributed by atoms with Crippen molar-refractivity contribution in [2.45, 2.75) is 13.3 Å². The summed E-state index contributed by atoms with van der Waals surface area (Å²) >= 11 is 8.32. The molecule has 1 aromatic carbocycles. The molecule has 1 aliphatic rings. The predicted octanol–water partition coefficient (Wildman–Crippen LogP) is 4.04. The number of aliphatic hydroxyl groups excluding tert-OH is 1. The summed E-state index contributed by atoms with van der Waals surface area (Å²) in [5.41, 5.74) is 1.96. The van der Waals surface area contributed by atoms with Crippen LogP contribution in [0.25, 0.3) is 5.76 Å². The van der Waals surface area contributed by atoms with Crippen LogP contribution in [0.5, 0.6) is 0 Å². The van der Waals surface area contributed by atoms with Crippen LogP contribution in [0.1, 0.15) is 18.1 Å². The summed E-state index contributed by atoms with van der Waals surface area (Å²) in [6.45, 7) is 2.09. The van der Waals surface area contributed by atoms with Crippen LogP contribution < -0.4 is 0 Å². The molecule has 0 radical (unpaired) electrons. The fourth-order valence-corrected chi connectivity index (χ4v) is 2.53. The summed E-state index contributed by atoms with van der Waals surface area (Å²) in [4.78, 5) is 0. The summed E-state index contributed by atoms with van der Waals surface area (Å²) in [6, 6.07) is 4.04. The Morgan fingerprint density at radius 2 is 2.21 bits per heavy atom. The number of halogens is 2. The number of rotatable bonds is 0. The molecule has 3 heteroatoms. The molecule has 0 aliphatic heterocycles. The van der Waals surface area contributed by atoms with Crippen molar-refractivity contribution in [3.8, 4) is 0 Å². The first-order valence-corrected chi connectivity index (χ1v) is 5.93. The highest BCUT2D eigenvalue weighted by atomic mass is 127. The Morgan fingerprint density at radius 3 is 2.93 bits per heavy atom. The molecule has 0 amide bonds. The van der Waals surface area contributed by atoms with E-state index in [4.69, 9.17) is 11.6 Å². The highest BCUT2D eigenvalue weighted by molar-refractivity contribution is 14.1. The third kappa shape index (κ3) is 1.65. The summed E-state index contributed by atoms with van der Waals surface area (Å²) in [5, 5.41) is 10.5. The number of hydrogen-bond donors (Lipinski definition) is 1. The minimum Gasteiger partial charge on any atom is -0.508 e. The highest BCUT2D eigenvalue weighted by Crippen LogP contribution is 2.35. The number of allylic oxidation sites excluding steroid dienone is 1. The zero-order chi connectivity index (χ0) is 10.3. The lowest BCUT2D eigenvalue weighted by molar-refractivity contribution is 0.495. The molecule has 2 rings (SSSR count). The molecule has 0 bridgehead atoms. The van der Waals surface area contributed by atoms with E-state index in [1.165, 1.54) is 0 Å². The van der Waals surface area contributed by atoms with Gasteiger partial charge in [-0.15, -0.1) is 0 Å². The minimum absolute atomic E-state index is 0.322. The normalized spacial score (nSPS) is 20.2. The van der Waals surface area contributed by atoms with Crippen LogP contribution in [0.3, 0.4) is 0 Å². The Kier molecular flexibility index (Phi) is 2.75. The first-order chi connectivity index (χ1) is 6.59. The Balaban J connectivity index is 2.64. The van der Waals surface area contributed by atoms with E-state index in [1.807, 2.05) is 18.2 Å². The van der Waals surface area contributed by atoms with E-state index in [0.717, 1.165) is 21.1 Å². The molecule has 0 heterocycles. The molecule has 1 atom stereocenters. The Hall–Kier alpha value is -0.220. The van der Waals surface area contributed by atoms with Crippen LogP contribution in [-0.2, 0) is 6.42 Å². The number of benzene rings is 1. The van der Waals surface area contributed by atoms with Gasteiger partial charge >= 0.3 is 0 Å². The van der Waals surface area contributed by atoms with Gasteiger partial charge in [-0.1, -0.05) is 24.6 Å². The largest absolute Gasteiger partial charge is 0.508 e. The molecule has 0 fully saturated rings. The molecule has 1 unspecified atom stereocenters. The average Bonchev–Trinajstić information content (AvgIpc) is 2.10. The standard InChI is InChI=1S/C11H10ClIO/c1-6-4-7-2-3-8(13)11(12)10(7)9(14)5-6/h2-3,5-6,14H,4H2,1H3. The second kappa shape index (κ2) is 3.74. The van der Waals surface area contributed by atoms with Crippen molar-refractivity contribution in [3.05, 3.63) is 37.9 Å². The molecule has 1 N–H and O–H groups in total. The second-order valence-electron chi connectivity index (χ2n) is 3.63. The SMILES string of the molecule is CC1C=C(O)c2c(ccc(I)c2Cl)C1. The number of hydrogen-bond acceptors (Lipinski definition) is 1. The van der Waals surface area contributed by atoms with Gasteiger partial charge in [0.25, 0.3) is 0 Å². The van der Waals surface area contributed by atoms with E-state index >= 15 is 0 Å². The van der Waals surface area contributed by atoms with Crippen LogP contribution in [0.15, 0.2) is 18.2 Å². The average molecular weight is 321 g/mol. The van der Waals surface area contributed by atoms with Gasteiger partial charge in [-0.3, -0.25) is 0 Å². The molecule has 0 spiro atoms. The number of fused-ring (bicyclic) bond motifs is 1. The maximum atomic E-state index is 9.81. The molecular formula is C11H10ClIO. The quantitative estimate of drug-likeness (QED) is 0.715. The monoisotopic (exact) mass is 320 g/mol. The van der Waals surface area contributed by atoms with Gasteiger partial charge < -0.3 is 5.11 Å². The van der Waals surface area contributed by atoms with Gasteiger partial charge in [-0.25, -0.2) is 0 Å². The molecular weight excluding hydrogens is 310 g/mol. The summed E-state index contributed by atoms with van der Waals surface area (Å²) in [7, 11) is 0. The molecule has 0 aromatic heterocycles. The van der Waals surface area contributed by atoms with Crippen LogP contribution in [0.2, 0.25) is 5.02 Å². The smallest absolute Gasteiger partial charge is 0.120 e. The van der Waals surface area contributed by atoms with E-state index in [1.54, 1.807) is 0 Å².